The van der Waals surface area contributed by atoms with Gasteiger partial charge in [0.05, 0.1) is 25.6 Å². The lowest BCUT2D eigenvalue weighted by atomic mass is 9.94. The highest BCUT2D eigenvalue weighted by Crippen LogP contribution is 2.39. The molecule has 0 aliphatic carbocycles. The molecule has 5 heteroatoms. The number of ether oxygens (including phenoxy) is 2. The third-order valence-electron chi connectivity index (χ3n) is 5.15. The van der Waals surface area contributed by atoms with Gasteiger partial charge in [-0.15, -0.1) is 0 Å². The van der Waals surface area contributed by atoms with Crippen LogP contribution in [-0.2, 0) is 26.4 Å². The minimum atomic E-state index is 0.0337. The van der Waals surface area contributed by atoms with E-state index >= 15 is 0 Å². The quantitative estimate of drug-likeness (QED) is 0.727. The van der Waals surface area contributed by atoms with Crippen LogP contribution in [0, 0.1) is 0 Å². The molecule has 0 spiro atoms. The smallest absolute Gasteiger partial charge is 0.328 e. The molecule has 2 heterocycles. The maximum absolute atomic E-state index is 12.8. The lowest BCUT2D eigenvalue weighted by Gasteiger charge is -2.21. The third kappa shape index (κ3) is 2.51. The van der Waals surface area contributed by atoms with Crippen molar-refractivity contribution in [2.24, 2.45) is 7.05 Å². The van der Waals surface area contributed by atoms with E-state index in [-0.39, 0.29) is 5.69 Å². The molecule has 2 aromatic carbocycles. The molecule has 3 aromatic rings. The first kappa shape index (κ1) is 16.5. The predicted molar refractivity (Wildman–Crippen MR) is 101 cm³/mol. The van der Waals surface area contributed by atoms with Gasteiger partial charge in [-0.2, -0.15) is 0 Å². The highest BCUT2D eigenvalue weighted by molar-refractivity contribution is 5.72. The van der Waals surface area contributed by atoms with Crippen LogP contribution in [0.1, 0.15) is 16.8 Å². The molecule has 0 saturated heterocycles. The molecule has 0 bridgehead atoms. The summed E-state index contributed by atoms with van der Waals surface area (Å²) in [5, 5.41) is 0. The average molecular weight is 350 g/mol. The van der Waals surface area contributed by atoms with E-state index in [0.29, 0.717) is 18.7 Å². The Hall–Kier alpha value is -2.95. The number of nitrogens with zero attached hydrogens (tertiary/aromatic N) is 2. The van der Waals surface area contributed by atoms with E-state index in [4.69, 9.17) is 9.47 Å². The van der Waals surface area contributed by atoms with E-state index in [1.807, 2.05) is 41.9 Å². The fourth-order valence-corrected chi connectivity index (χ4v) is 3.79. The van der Waals surface area contributed by atoms with Crippen molar-refractivity contribution in [2.75, 3.05) is 14.2 Å². The highest BCUT2D eigenvalue weighted by atomic mass is 16.5. The van der Waals surface area contributed by atoms with Crippen molar-refractivity contribution in [3.8, 4) is 22.8 Å². The van der Waals surface area contributed by atoms with Crippen LogP contribution in [0.4, 0.5) is 0 Å². The maximum Gasteiger partial charge on any atom is 0.328 e. The number of aromatic nitrogens is 2. The molecule has 5 nitrogen and oxygen atoms in total. The minimum Gasteiger partial charge on any atom is -0.493 e. The molecule has 0 unspecified atom stereocenters. The van der Waals surface area contributed by atoms with Crippen LogP contribution in [-0.4, -0.2) is 23.4 Å². The zero-order valence-electron chi connectivity index (χ0n) is 15.3. The molecular weight excluding hydrogens is 328 g/mol. The Morgan fingerprint density at radius 3 is 2.42 bits per heavy atom. The van der Waals surface area contributed by atoms with Gasteiger partial charge in [0.15, 0.2) is 11.5 Å². The Kier molecular flexibility index (Phi) is 4.07. The number of fused-ring (bicyclic) bond motifs is 3. The minimum absolute atomic E-state index is 0.0337. The molecule has 4 rings (SSSR count). The largest absolute Gasteiger partial charge is 0.493 e. The van der Waals surface area contributed by atoms with Gasteiger partial charge in [0, 0.05) is 25.6 Å². The second kappa shape index (κ2) is 6.41. The first-order valence-corrected chi connectivity index (χ1v) is 8.71. The van der Waals surface area contributed by atoms with Gasteiger partial charge in [0.25, 0.3) is 0 Å². The highest BCUT2D eigenvalue weighted by Gasteiger charge is 2.26. The summed E-state index contributed by atoms with van der Waals surface area (Å²) in [6.45, 7) is 0.680. The fraction of sp³-hybridized carbons (Fsp3) is 0.286. The summed E-state index contributed by atoms with van der Waals surface area (Å²) in [5.74, 6) is 1.41. The van der Waals surface area contributed by atoms with Gasteiger partial charge in [-0.3, -0.25) is 9.13 Å². The number of aryl methyl sites for hydroxylation is 1. The molecule has 0 atom stereocenters. The topological polar surface area (TPSA) is 45.4 Å². The molecule has 26 heavy (non-hydrogen) atoms. The van der Waals surface area contributed by atoms with Crippen LogP contribution in [0.2, 0.25) is 0 Å². The molecule has 134 valence electrons. The summed E-state index contributed by atoms with van der Waals surface area (Å²) >= 11 is 0. The molecule has 1 aromatic heterocycles. The summed E-state index contributed by atoms with van der Waals surface area (Å²) in [6, 6.07) is 14.3. The van der Waals surface area contributed by atoms with E-state index in [9.17, 15) is 4.79 Å². The van der Waals surface area contributed by atoms with E-state index in [2.05, 4.69) is 12.1 Å². The Labute approximate surface area is 152 Å². The molecular formula is C21H22N2O3. The predicted octanol–water partition coefficient (Wildman–Crippen LogP) is 3.02. The lowest BCUT2D eigenvalue weighted by Crippen LogP contribution is -2.25. The molecule has 0 radical (unpaired) electrons. The normalized spacial score (nSPS) is 12.4. The number of rotatable bonds is 4. The van der Waals surface area contributed by atoms with Crippen molar-refractivity contribution in [2.45, 2.75) is 19.4 Å². The van der Waals surface area contributed by atoms with Crippen molar-refractivity contribution < 1.29 is 9.47 Å². The summed E-state index contributed by atoms with van der Waals surface area (Å²) in [7, 11) is 5.13. The van der Waals surface area contributed by atoms with Crippen molar-refractivity contribution in [3.05, 3.63) is 69.8 Å². The van der Waals surface area contributed by atoms with Crippen molar-refractivity contribution >= 4 is 0 Å². The lowest BCUT2D eigenvalue weighted by molar-refractivity contribution is 0.354. The molecule has 0 saturated carbocycles. The van der Waals surface area contributed by atoms with Gasteiger partial charge in [0.1, 0.15) is 0 Å². The maximum atomic E-state index is 12.8. The summed E-state index contributed by atoms with van der Waals surface area (Å²) in [6.07, 6.45) is 1.51. The third-order valence-corrected chi connectivity index (χ3v) is 5.15. The molecule has 1 aliphatic rings. The summed E-state index contributed by atoms with van der Waals surface area (Å²) in [4.78, 5) is 12.8. The monoisotopic (exact) mass is 350 g/mol. The van der Waals surface area contributed by atoms with E-state index < -0.39 is 0 Å². The molecule has 0 N–H and O–H groups in total. The fourth-order valence-electron chi connectivity index (χ4n) is 3.79. The first-order valence-electron chi connectivity index (χ1n) is 8.71. The van der Waals surface area contributed by atoms with Gasteiger partial charge in [0.2, 0.25) is 0 Å². The second-order valence-electron chi connectivity index (χ2n) is 6.57. The van der Waals surface area contributed by atoms with Crippen LogP contribution in [0.15, 0.2) is 47.3 Å². The van der Waals surface area contributed by atoms with Crippen molar-refractivity contribution in [1.82, 2.24) is 9.13 Å². The van der Waals surface area contributed by atoms with Gasteiger partial charge in [-0.25, -0.2) is 4.79 Å². The first-order chi connectivity index (χ1) is 12.6. The van der Waals surface area contributed by atoms with Crippen LogP contribution >= 0.6 is 0 Å². The van der Waals surface area contributed by atoms with Crippen LogP contribution in [0.25, 0.3) is 11.3 Å². The molecule has 1 aliphatic heterocycles. The van der Waals surface area contributed by atoms with E-state index in [0.717, 1.165) is 29.1 Å². The van der Waals surface area contributed by atoms with E-state index in [1.54, 1.807) is 18.8 Å². The van der Waals surface area contributed by atoms with Crippen molar-refractivity contribution in [1.29, 1.82) is 0 Å². The number of benzene rings is 2. The van der Waals surface area contributed by atoms with Crippen LogP contribution in [0.3, 0.4) is 0 Å². The number of methoxy groups -OCH3 is 2. The summed E-state index contributed by atoms with van der Waals surface area (Å²) in [5.41, 5.74) is 5.47. The van der Waals surface area contributed by atoms with Crippen LogP contribution < -0.4 is 15.2 Å². The van der Waals surface area contributed by atoms with Gasteiger partial charge in [-0.05, 0) is 29.7 Å². The number of hydrogen-bond donors (Lipinski definition) is 0. The number of hydrogen-bond acceptors (Lipinski definition) is 3. The Morgan fingerprint density at radius 2 is 1.73 bits per heavy atom. The SMILES string of the molecule is COc1cc2c(cc1OC)-c1c(Cc3ccccc3)n(C)c(=O)n1CC2. The molecule has 0 fully saturated rings. The zero-order chi connectivity index (χ0) is 18.3. The Balaban J connectivity index is 1.92. The Bertz CT molecular complexity index is 1020. The zero-order valence-corrected chi connectivity index (χ0v) is 15.3. The number of imidazole rings is 1. The van der Waals surface area contributed by atoms with E-state index in [1.165, 1.54) is 11.1 Å². The standard InChI is InChI=1S/C21H22N2O3/c1-22-17(11-14-7-5-4-6-8-14)20-16-13-19(26-3)18(25-2)12-15(16)9-10-23(20)21(22)24/h4-8,12-13H,9-11H2,1-3H3. The van der Waals surface area contributed by atoms with Gasteiger partial charge in [-0.1, -0.05) is 30.3 Å². The van der Waals surface area contributed by atoms with Gasteiger partial charge < -0.3 is 9.47 Å². The summed E-state index contributed by atoms with van der Waals surface area (Å²) < 4.78 is 14.6. The average Bonchev–Trinajstić information content (AvgIpc) is 2.92. The Morgan fingerprint density at radius 1 is 1.04 bits per heavy atom. The van der Waals surface area contributed by atoms with Crippen LogP contribution in [0.5, 0.6) is 11.5 Å². The van der Waals surface area contributed by atoms with Gasteiger partial charge >= 0.3 is 5.69 Å². The second-order valence-corrected chi connectivity index (χ2v) is 6.57. The van der Waals surface area contributed by atoms with Crippen molar-refractivity contribution in [3.63, 3.8) is 0 Å². The molecule has 0 amide bonds.